The second-order valence-electron chi connectivity index (χ2n) is 6.92. The third-order valence-electron chi connectivity index (χ3n) is 4.00. The number of carboxylic acids is 2. The molecule has 0 atom stereocenters. The van der Waals surface area contributed by atoms with Gasteiger partial charge in [-0.15, -0.1) is 0 Å². The van der Waals surface area contributed by atoms with Gasteiger partial charge in [0.05, 0.1) is 25.2 Å². The standard InChI is InChI=1S/2C8H7NO2.2C6H7NO.Cu.H2O/c2*10-8(11)4-3-7-2-1-5-9-6-7;2*8-5-6-2-1-3-7-4-6;;/h2*1-6H,(H,10,11);2*1-4,8H,5H2;;1H2/q;;;;+2;/p-2/b2*4-3+;;;;. The van der Waals surface area contributed by atoms with E-state index in [-0.39, 0.29) is 35.8 Å². The van der Waals surface area contributed by atoms with Crippen molar-refractivity contribution in [1.82, 2.24) is 19.9 Å². The minimum absolute atomic E-state index is 0. The Balaban J connectivity index is 0. The topological polar surface area (TPSA) is 204 Å². The molecular weight excluding hydrogens is 568 g/mol. The molecule has 0 amide bonds. The molecule has 0 saturated heterocycles. The molecule has 0 aliphatic carbocycles. The molecule has 0 aliphatic heterocycles. The molecule has 4 heterocycles. The third-order valence-corrected chi connectivity index (χ3v) is 4.00. The maximum atomic E-state index is 9.95. The van der Waals surface area contributed by atoms with E-state index in [4.69, 9.17) is 10.2 Å². The average Bonchev–Trinajstić information content (AvgIpc) is 2.98. The first kappa shape index (κ1) is 37.6. The maximum absolute atomic E-state index is 9.95. The molecule has 0 unspecified atom stereocenters. The molecule has 12 heteroatoms. The molecule has 40 heavy (non-hydrogen) atoms. The number of carbonyl (C=O) groups excluding carboxylic acids is 2. The molecule has 0 aromatic carbocycles. The Hall–Kier alpha value is -4.58. The van der Waals surface area contributed by atoms with E-state index < -0.39 is 11.9 Å². The number of aromatic nitrogens is 4. The van der Waals surface area contributed by atoms with Crippen molar-refractivity contribution in [2.75, 3.05) is 0 Å². The van der Waals surface area contributed by atoms with Crippen molar-refractivity contribution in [2.45, 2.75) is 13.2 Å². The quantitative estimate of drug-likeness (QED) is 0.225. The summed E-state index contributed by atoms with van der Waals surface area (Å²) in [6, 6.07) is 14.2. The minimum Gasteiger partial charge on any atom is -0.545 e. The molecule has 4 rings (SSSR count). The number of aliphatic hydroxyl groups is 2. The number of carbonyl (C=O) groups is 2. The van der Waals surface area contributed by atoms with E-state index in [0.29, 0.717) is 0 Å². The second kappa shape index (κ2) is 24.7. The van der Waals surface area contributed by atoms with Gasteiger partial charge in [-0.25, -0.2) is 0 Å². The Bertz CT molecular complexity index is 1130. The molecule has 0 saturated carbocycles. The average molecular weight is 596 g/mol. The largest absolute Gasteiger partial charge is 2.00 e. The van der Waals surface area contributed by atoms with Crippen molar-refractivity contribution in [3.63, 3.8) is 0 Å². The zero-order chi connectivity index (χ0) is 27.8. The summed E-state index contributed by atoms with van der Waals surface area (Å²) in [5.41, 5.74) is 3.20. The fourth-order valence-electron chi connectivity index (χ4n) is 2.26. The molecule has 1 radical (unpaired) electrons. The fourth-order valence-corrected chi connectivity index (χ4v) is 2.26. The van der Waals surface area contributed by atoms with Crippen molar-refractivity contribution in [3.05, 3.63) is 133 Å². The second-order valence-corrected chi connectivity index (χ2v) is 6.92. The van der Waals surface area contributed by atoms with Gasteiger partial charge >= 0.3 is 17.1 Å². The van der Waals surface area contributed by atoms with Crippen LogP contribution in [-0.2, 0) is 39.9 Å². The van der Waals surface area contributed by atoms with Gasteiger partial charge in [-0.3, -0.25) is 19.9 Å². The van der Waals surface area contributed by atoms with Gasteiger partial charge in [-0.2, -0.15) is 0 Å². The first-order valence-corrected chi connectivity index (χ1v) is 11.0. The number of hydrogen-bond donors (Lipinski definition) is 2. The van der Waals surface area contributed by atoms with Crippen molar-refractivity contribution < 1.29 is 52.6 Å². The van der Waals surface area contributed by atoms with Crippen LogP contribution in [0.4, 0.5) is 0 Å². The monoisotopic (exact) mass is 595 g/mol. The van der Waals surface area contributed by atoms with E-state index in [9.17, 15) is 19.8 Å². The van der Waals surface area contributed by atoms with E-state index in [2.05, 4.69) is 19.9 Å². The van der Waals surface area contributed by atoms with E-state index in [1.807, 2.05) is 12.1 Å². The van der Waals surface area contributed by atoms with E-state index >= 15 is 0 Å². The van der Waals surface area contributed by atoms with Gasteiger partial charge < -0.3 is 35.5 Å². The SMILES string of the molecule is O.O=C([O-])/C=C/c1cccnc1.O=C([O-])/C=C/c1cccnc1.OCc1cccnc1.OCc1cccnc1.[Cu+2]. The Morgan fingerprint density at radius 3 is 1.15 bits per heavy atom. The molecule has 4 aromatic rings. The number of pyridine rings is 4. The molecule has 0 spiro atoms. The zero-order valence-electron chi connectivity index (χ0n) is 21.1. The Morgan fingerprint density at radius 1 is 0.625 bits per heavy atom. The Kier molecular flexibility index (Phi) is 23.2. The molecule has 11 nitrogen and oxygen atoms in total. The van der Waals surface area contributed by atoms with Crippen LogP contribution < -0.4 is 10.2 Å². The Morgan fingerprint density at radius 2 is 0.950 bits per heavy atom. The van der Waals surface area contributed by atoms with Gasteiger partial charge in [0.25, 0.3) is 0 Å². The normalized spacial score (nSPS) is 9.25. The van der Waals surface area contributed by atoms with Crippen LogP contribution in [0.5, 0.6) is 0 Å². The van der Waals surface area contributed by atoms with Crippen LogP contribution in [0, 0.1) is 0 Å². The summed E-state index contributed by atoms with van der Waals surface area (Å²) in [7, 11) is 0. The number of aliphatic carboxylic acids is 2. The summed E-state index contributed by atoms with van der Waals surface area (Å²) in [6.07, 6.45) is 17.8. The minimum atomic E-state index is -1.20. The van der Waals surface area contributed by atoms with Crippen LogP contribution in [0.25, 0.3) is 12.2 Å². The molecule has 4 N–H and O–H groups in total. The summed E-state index contributed by atoms with van der Waals surface area (Å²) in [6.45, 7) is 0.154. The molecular formula is C28H28CuN4O7. The molecule has 0 bridgehead atoms. The maximum Gasteiger partial charge on any atom is 2.00 e. The van der Waals surface area contributed by atoms with E-state index in [1.165, 1.54) is 12.2 Å². The predicted molar refractivity (Wildman–Crippen MR) is 140 cm³/mol. The number of aliphatic hydroxyl groups excluding tert-OH is 2. The predicted octanol–water partition coefficient (Wildman–Crippen LogP) is 0.0100. The van der Waals surface area contributed by atoms with Crippen molar-refractivity contribution >= 4 is 24.1 Å². The van der Waals surface area contributed by atoms with Crippen molar-refractivity contribution in [1.29, 1.82) is 0 Å². The molecule has 213 valence electrons. The molecule has 0 fully saturated rings. The van der Waals surface area contributed by atoms with E-state index in [0.717, 1.165) is 34.4 Å². The Labute approximate surface area is 242 Å². The number of carboxylic acid groups (broad SMARTS) is 2. The van der Waals surface area contributed by atoms with Crippen LogP contribution in [0.15, 0.2) is 110 Å². The van der Waals surface area contributed by atoms with Gasteiger partial charge in [-0.05, 0) is 58.7 Å². The summed E-state index contributed by atoms with van der Waals surface area (Å²) < 4.78 is 0. The van der Waals surface area contributed by atoms with E-state index in [1.54, 1.807) is 86.0 Å². The number of nitrogens with zero attached hydrogens (tertiary/aromatic N) is 4. The van der Waals surface area contributed by atoms with Crippen LogP contribution in [0.1, 0.15) is 22.3 Å². The smallest absolute Gasteiger partial charge is 0.545 e. The third kappa shape index (κ3) is 20.5. The fraction of sp³-hybridized carbons (Fsp3) is 0.0714. The van der Waals surface area contributed by atoms with Gasteiger partial charge in [0.1, 0.15) is 0 Å². The van der Waals surface area contributed by atoms with Crippen LogP contribution in [0.3, 0.4) is 0 Å². The number of hydrogen-bond acceptors (Lipinski definition) is 10. The van der Waals surface area contributed by atoms with Gasteiger partial charge in [0, 0.05) is 49.6 Å². The summed E-state index contributed by atoms with van der Waals surface area (Å²) in [4.78, 5) is 35.1. The molecule has 4 aromatic heterocycles. The summed E-state index contributed by atoms with van der Waals surface area (Å²) >= 11 is 0. The first-order valence-electron chi connectivity index (χ1n) is 11.0. The van der Waals surface area contributed by atoms with Crippen LogP contribution in [0.2, 0.25) is 0 Å². The van der Waals surface area contributed by atoms with Gasteiger partial charge in [-0.1, -0.05) is 36.4 Å². The van der Waals surface area contributed by atoms with Crippen LogP contribution in [-0.4, -0.2) is 47.6 Å². The van der Waals surface area contributed by atoms with Gasteiger partial charge in [0.2, 0.25) is 0 Å². The zero-order valence-corrected chi connectivity index (χ0v) is 22.0. The number of rotatable bonds is 6. The summed E-state index contributed by atoms with van der Waals surface area (Å²) in [5, 5.41) is 36.9. The molecule has 0 aliphatic rings. The van der Waals surface area contributed by atoms with Gasteiger partial charge in [0.15, 0.2) is 0 Å². The van der Waals surface area contributed by atoms with Crippen molar-refractivity contribution in [3.8, 4) is 0 Å². The summed E-state index contributed by atoms with van der Waals surface area (Å²) in [5.74, 6) is -2.40. The van der Waals surface area contributed by atoms with Crippen LogP contribution >= 0.6 is 0 Å². The first-order chi connectivity index (χ1) is 18.4. The van der Waals surface area contributed by atoms with Crippen molar-refractivity contribution in [2.24, 2.45) is 0 Å².